The standard InChI is InChI=1S/C9H18N2O2/c1-7(2)8(10)9(12)11-5-3-4-6-13-11/h7-8H,3-6,10H2,1-2H3/t8-/m0/s1. The first-order valence-corrected chi connectivity index (χ1v) is 4.83. The summed E-state index contributed by atoms with van der Waals surface area (Å²) >= 11 is 0. The van der Waals surface area contributed by atoms with Crippen LogP contribution >= 0.6 is 0 Å². The molecule has 0 spiro atoms. The van der Waals surface area contributed by atoms with Crippen molar-refractivity contribution < 1.29 is 9.63 Å². The van der Waals surface area contributed by atoms with E-state index in [1.54, 1.807) is 0 Å². The smallest absolute Gasteiger partial charge is 0.263 e. The fourth-order valence-corrected chi connectivity index (χ4v) is 1.22. The Balaban J connectivity index is 2.45. The zero-order valence-electron chi connectivity index (χ0n) is 8.32. The molecular weight excluding hydrogens is 168 g/mol. The molecule has 1 saturated heterocycles. The van der Waals surface area contributed by atoms with Gasteiger partial charge < -0.3 is 5.73 Å². The quantitative estimate of drug-likeness (QED) is 0.684. The maximum Gasteiger partial charge on any atom is 0.263 e. The Morgan fingerprint density at radius 1 is 1.46 bits per heavy atom. The topological polar surface area (TPSA) is 55.6 Å². The molecule has 1 aliphatic heterocycles. The lowest BCUT2D eigenvalue weighted by atomic mass is 10.0. The summed E-state index contributed by atoms with van der Waals surface area (Å²) in [6, 6.07) is -0.432. The molecule has 1 atom stereocenters. The van der Waals surface area contributed by atoms with Gasteiger partial charge in [0.2, 0.25) is 0 Å². The molecule has 0 aliphatic carbocycles. The molecule has 0 aromatic heterocycles. The number of carbonyl (C=O) groups is 1. The van der Waals surface area contributed by atoms with Crippen LogP contribution < -0.4 is 5.73 Å². The summed E-state index contributed by atoms with van der Waals surface area (Å²) in [5, 5.41) is 1.41. The molecule has 1 amide bonds. The molecule has 0 radical (unpaired) electrons. The second-order valence-corrected chi connectivity index (χ2v) is 3.75. The third-order valence-electron chi connectivity index (χ3n) is 2.25. The third kappa shape index (κ3) is 2.67. The second-order valence-electron chi connectivity index (χ2n) is 3.75. The van der Waals surface area contributed by atoms with Crippen LogP contribution in [0.3, 0.4) is 0 Å². The van der Waals surface area contributed by atoms with E-state index in [9.17, 15) is 4.79 Å². The molecule has 4 nitrogen and oxygen atoms in total. The first-order chi connectivity index (χ1) is 6.13. The van der Waals surface area contributed by atoms with Crippen LogP contribution in [-0.4, -0.2) is 30.2 Å². The zero-order chi connectivity index (χ0) is 9.84. The molecule has 0 saturated carbocycles. The number of nitrogens with two attached hydrogens (primary N) is 1. The Morgan fingerprint density at radius 2 is 2.15 bits per heavy atom. The Morgan fingerprint density at radius 3 is 2.62 bits per heavy atom. The Bertz CT molecular complexity index is 176. The predicted octanol–water partition coefficient (Wildman–Crippen LogP) is 0.524. The van der Waals surface area contributed by atoms with Crippen molar-refractivity contribution in [2.75, 3.05) is 13.2 Å². The van der Waals surface area contributed by atoms with Crippen LogP contribution in [0.4, 0.5) is 0 Å². The number of nitrogens with zero attached hydrogens (tertiary/aromatic N) is 1. The lowest BCUT2D eigenvalue weighted by Gasteiger charge is -2.29. The molecule has 1 heterocycles. The van der Waals surface area contributed by atoms with Crippen LogP contribution in [0.15, 0.2) is 0 Å². The molecule has 2 N–H and O–H groups in total. The molecule has 0 aromatic carbocycles. The first-order valence-electron chi connectivity index (χ1n) is 4.83. The van der Waals surface area contributed by atoms with E-state index in [0.29, 0.717) is 13.2 Å². The molecule has 0 unspecified atom stereocenters. The fourth-order valence-electron chi connectivity index (χ4n) is 1.22. The van der Waals surface area contributed by atoms with Gasteiger partial charge >= 0.3 is 0 Å². The largest absolute Gasteiger partial charge is 0.320 e. The van der Waals surface area contributed by atoms with E-state index in [2.05, 4.69) is 0 Å². The van der Waals surface area contributed by atoms with Crippen molar-refractivity contribution in [3.8, 4) is 0 Å². The highest BCUT2D eigenvalue weighted by atomic mass is 16.7. The van der Waals surface area contributed by atoms with Crippen molar-refractivity contribution >= 4 is 5.91 Å². The van der Waals surface area contributed by atoms with Gasteiger partial charge in [0.1, 0.15) is 0 Å². The van der Waals surface area contributed by atoms with Crippen LogP contribution in [0.1, 0.15) is 26.7 Å². The van der Waals surface area contributed by atoms with E-state index in [1.807, 2.05) is 13.8 Å². The van der Waals surface area contributed by atoms with Gasteiger partial charge in [0.05, 0.1) is 12.6 Å². The van der Waals surface area contributed by atoms with Gasteiger partial charge in [-0.3, -0.25) is 9.63 Å². The van der Waals surface area contributed by atoms with Gasteiger partial charge in [-0.1, -0.05) is 13.8 Å². The normalized spacial score (nSPS) is 20.5. The van der Waals surface area contributed by atoms with Crippen molar-refractivity contribution in [3.05, 3.63) is 0 Å². The van der Waals surface area contributed by atoms with Gasteiger partial charge in [0.25, 0.3) is 5.91 Å². The van der Waals surface area contributed by atoms with Crippen molar-refractivity contribution in [1.82, 2.24) is 5.06 Å². The summed E-state index contributed by atoms with van der Waals surface area (Å²) in [6.07, 6.45) is 2.04. The maximum absolute atomic E-state index is 11.6. The lowest BCUT2D eigenvalue weighted by Crippen LogP contribution is -2.48. The van der Waals surface area contributed by atoms with Gasteiger partial charge in [0.15, 0.2) is 0 Å². The highest BCUT2D eigenvalue weighted by molar-refractivity contribution is 5.80. The van der Waals surface area contributed by atoms with E-state index in [0.717, 1.165) is 12.8 Å². The zero-order valence-corrected chi connectivity index (χ0v) is 8.32. The number of hydroxylamine groups is 2. The molecule has 1 rings (SSSR count). The summed E-state index contributed by atoms with van der Waals surface area (Å²) in [7, 11) is 0. The lowest BCUT2D eigenvalue weighted by molar-refractivity contribution is -0.199. The molecule has 76 valence electrons. The number of rotatable bonds is 2. The minimum Gasteiger partial charge on any atom is -0.320 e. The molecule has 1 aliphatic rings. The van der Waals surface area contributed by atoms with Crippen molar-refractivity contribution in [2.45, 2.75) is 32.7 Å². The molecule has 0 aromatic rings. The molecule has 1 fully saturated rings. The van der Waals surface area contributed by atoms with Crippen LogP contribution in [-0.2, 0) is 9.63 Å². The summed E-state index contributed by atoms with van der Waals surface area (Å²) < 4.78 is 0. The van der Waals surface area contributed by atoms with Gasteiger partial charge in [-0.2, -0.15) is 0 Å². The second kappa shape index (κ2) is 4.58. The molecule has 4 heteroatoms. The van der Waals surface area contributed by atoms with Gasteiger partial charge in [-0.15, -0.1) is 0 Å². The summed E-state index contributed by atoms with van der Waals surface area (Å²) in [4.78, 5) is 16.8. The molecule has 13 heavy (non-hydrogen) atoms. The fraction of sp³-hybridized carbons (Fsp3) is 0.889. The average molecular weight is 186 g/mol. The Hall–Kier alpha value is -0.610. The van der Waals surface area contributed by atoms with E-state index in [1.165, 1.54) is 5.06 Å². The van der Waals surface area contributed by atoms with Crippen molar-refractivity contribution in [2.24, 2.45) is 11.7 Å². The summed E-state index contributed by atoms with van der Waals surface area (Å²) in [6.45, 7) is 5.19. The molecule has 0 bridgehead atoms. The highest BCUT2D eigenvalue weighted by Gasteiger charge is 2.25. The summed E-state index contributed by atoms with van der Waals surface area (Å²) in [5.41, 5.74) is 5.72. The maximum atomic E-state index is 11.6. The Labute approximate surface area is 79.0 Å². The van der Waals surface area contributed by atoms with Gasteiger partial charge in [-0.25, -0.2) is 5.06 Å². The van der Waals surface area contributed by atoms with Gasteiger partial charge in [-0.05, 0) is 18.8 Å². The van der Waals surface area contributed by atoms with E-state index in [-0.39, 0.29) is 11.8 Å². The number of carbonyl (C=O) groups excluding carboxylic acids is 1. The SMILES string of the molecule is CC(C)[C@H](N)C(=O)N1CCCCO1. The van der Waals surface area contributed by atoms with Crippen molar-refractivity contribution in [1.29, 1.82) is 0 Å². The van der Waals surface area contributed by atoms with Crippen LogP contribution in [0.5, 0.6) is 0 Å². The number of hydrogen-bond donors (Lipinski definition) is 1. The Kier molecular flexibility index (Phi) is 3.69. The summed E-state index contributed by atoms with van der Waals surface area (Å²) in [5.74, 6) is 0.0766. The first kappa shape index (κ1) is 10.5. The van der Waals surface area contributed by atoms with Crippen LogP contribution in [0.2, 0.25) is 0 Å². The monoisotopic (exact) mass is 186 g/mol. The average Bonchev–Trinajstić information content (AvgIpc) is 2.17. The van der Waals surface area contributed by atoms with E-state index in [4.69, 9.17) is 10.6 Å². The predicted molar refractivity (Wildman–Crippen MR) is 49.7 cm³/mol. The van der Waals surface area contributed by atoms with Crippen LogP contribution in [0, 0.1) is 5.92 Å². The van der Waals surface area contributed by atoms with E-state index >= 15 is 0 Å². The number of hydrogen-bond acceptors (Lipinski definition) is 3. The third-order valence-corrected chi connectivity index (χ3v) is 2.25. The highest BCUT2D eigenvalue weighted by Crippen LogP contribution is 2.10. The van der Waals surface area contributed by atoms with Crippen LogP contribution in [0.25, 0.3) is 0 Å². The minimum atomic E-state index is -0.432. The number of amides is 1. The minimum absolute atomic E-state index is 0.0882. The van der Waals surface area contributed by atoms with Crippen molar-refractivity contribution in [3.63, 3.8) is 0 Å². The van der Waals surface area contributed by atoms with E-state index < -0.39 is 6.04 Å². The van der Waals surface area contributed by atoms with Gasteiger partial charge in [0, 0.05) is 6.54 Å². The molecular formula is C9H18N2O2.